The number of carbonyl (C=O) groups excluding carboxylic acids is 1. The number of imidazole rings is 1. The average Bonchev–Trinajstić information content (AvgIpc) is 3.21. The van der Waals surface area contributed by atoms with Crippen molar-refractivity contribution in [3.05, 3.63) is 71.4 Å². The highest BCUT2D eigenvalue weighted by Crippen LogP contribution is 2.40. The van der Waals surface area contributed by atoms with Crippen LogP contribution in [0, 0.1) is 0 Å². The molecular formula is C25H33N4O6PS. The number of hydrogen-bond acceptors (Lipinski definition) is 9. The fourth-order valence-electron chi connectivity index (χ4n) is 3.30. The number of rotatable bonds is 15. The Balaban J connectivity index is 1.84. The number of nitrogens with zero attached hydrogens (tertiary/aromatic N) is 3. The van der Waals surface area contributed by atoms with Crippen LogP contribution < -0.4 is 5.73 Å². The molecule has 200 valence electrons. The lowest BCUT2D eigenvalue weighted by Crippen LogP contribution is -2.15. The van der Waals surface area contributed by atoms with Crippen LogP contribution in [-0.4, -0.2) is 33.8 Å². The first-order valence-electron chi connectivity index (χ1n) is 11.9. The molecule has 1 amide bonds. The minimum absolute atomic E-state index is 0.0193. The van der Waals surface area contributed by atoms with Gasteiger partial charge in [-0.1, -0.05) is 37.7 Å². The SMILES string of the molecule is CCOP(OCC)OOCc1cccc(Sc2c(C(C)C)nc(COC(N)=O)n2Cc2ccncc2)c1. The van der Waals surface area contributed by atoms with E-state index in [1.165, 1.54) is 0 Å². The molecule has 0 aliphatic heterocycles. The maximum absolute atomic E-state index is 11.3. The molecule has 0 unspecified atom stereocenters. The third-order valence-corrected chi connectivity index (χ3v) is 7.20. The van der Waals surface area contributed by atoms with Gasteiger partial charge in [0, 0.05) is 17.3 Å². The van der Waals surface area contributed by atoms with Crippen molar-refractivity contribution in [2.24, 2.45) is 5.73 Å². The van der Waals surface area contributed by atoms with Crippen molar-refractivity contribution in [2.45, 2.75) is 63.3 Å². The molecule has 12 heteroatoms. The van der Waals surface area contributed by atoms with E-state index in [1.807, 2.05) is 50.2 Å². The zero-order valence-electron chi connectivity index (χ0n) is 21.5. The van der Waals surface area contributed by atoms with Crippen molar-refractivity contribution in [1.82, 2.24) is 14.5 Å². The molecule has 37 heavy (non-hydrogen) atoms. The van der Waals surface area contributed by atoms with Gasteiger partial charge in [-0.3, -0.25) is 4.98 Å². The van der Waals surface area contributed by atoms with Gasteiger partial charge >= 0.3 is 14.7 Å². The van der Waals surface area contributed by atoms with Crippen molar-refractivity contribution in [2.75, 3.05) is 13.2 Å². The minimum atomic E-state index is -1.54. The Morgan fingerprint density at radius 2 is 1.81 bits per heavy atom. The predicted octanol–water partition coefficient (Wildman–Crippen LogP) is 5.94. The van der Waals surface area contributed by atoms with Crippen molar-refractivity contribution in [3.8, 4) is 0 Å². The first-order valence-corrected chi connectivity index (χ1v) is 13.8. The molecule has 0 saturated carbocycles. The minimum Gasteiger partial charge on any atom is -0.442 e. The standard InChI is InChI=1S/C25H33N4O6PS/c1-5-33-36(34-6-2)35-32-16-20-8-7-9-21(14-20)37-24-23(18(3)4)28-22(17-31-25(26)30)29(24)15-19-10-12-27-13-11-19/h7-14,18H,5-6,15-17H2,1-4H3,(H2,26,30). The first-order chi connectivity index (χ1) is 17.9. The topological polar surface area (TPSA) is 120 Å². The van der Waals surface area contributed by atoms with Gasteiger partial charge in [0.2, 0.25) is 0 Å². The van der Waals surface area contributed by atoms with Crippen LogP contribution in [0.5, 0.6) is 0 Å². The summed E-state index contributed by atoms with van der Waals surface area (Å²) in [6.45, 7) is 9.60. The Kier molecular flexibility index (Phi) is 11.8. The lowest BCUT2D eigenvalue weighted by molar-refractivity contribution is -0.227. The van der Waals surface area contributed by atoms with E-state index >= 15 is 0 Å². The lowest BCUT2D eigenvalue weighted by Gasteiger charge is -2.15. The third-order valence-electron chi connectivity index (χ3n) is 4.93. The summed E-state index contributed by atoms with van der Waals surface area (Å²) >= 11 is 1.59. The zero-order chi connectivity index (χ0) is 26.6. The quantitative estimate of drug-likeness (QED) is 0.140. The molecular weight excluding hydrogens is 515 g/mol. The van der Waals surface area contributed by atoms with Gasteiger partial charge in [0.15, 0.2) is 6.61 Å². The van der Waals surface area contributed by atoms with E-state index in [0.29, 0.717) is 25.6 Å². The summed E-state index contributed by atoms with van der Waals surface area (Å²) in [7, 11) is -1.54. The number of amides is 1. The molecule has 1 aromatic carbocycles. The molecule has 3 rings (SSSR count). The van der Waals surface area contributed by atoms with Crippen LogP contribution in [0.2, 0.25) is 0 Å². The molecule has 0 spiro atoms. The highest BCUT2D eigenvalue weighted by atomic mass is 32.2. The molecule has 0 aliphatic rings. The van der Waals surface area contributed by atoms with Gasteiger partial charge < -0.3 is 24.1 Å². The number of ether oxygens (including phenoxy) is 1. The van der Waals surface area contributed by atoms with E-state index in [0.717, 1.165) is 26.7 Å². The number of benzene rings is 1. The van der Waals surface area contributed by atoms with Crippen LogP contribution in [0.25, 0.3) is 0 Å². The van der Waals surface area contributed by atoms with Gasteiger partial charge in [0.05, 0.1) is 25.5 Å². The van der Waals surface area contributed by atoms with Gasteiger partial charge in [-0.25, -0.2) is 14.7 Å². The smallest absolute Gasteiger partial charge is 0.404 e. The van der Waals surface area contributed by atoms with E-state index in [2.05, 4.69) is 23.4 Å². The van der Waals surface area contributed by atoms with Gasteiger partial charge in [-0.05, 0) is 55.2 Å². The van der Waals surface area contributed by atoms with E-state index in [-0.39, 0.29) is 19.1 Å². The van der Waals surface area contributed by atoms with Crippen LogP contribution >= 0.6 is 20.4 Å². The Hall–Kier alpha value is -2.53. The van der Waals surface area contributed by atoms with Crippen LogP contribution in [0.3, 0.4) is 0 Å². The van der Waals surface area contributed by atoms with Crippen LogP contribution in [0.1, 0.15) is 56.3 Å². The molecule has 2 N–H and O–H groups in total. The summed E-state index contributed by atoms with van der Waals surface area (Å²) in [6.07, 6.45) is 2.65. The predicted molar refractivity (Wildman–Crippen MR) is 141 cm³/mol. The number of nitrogens with two attached hydrogens (primary N) is 1. The third kappa shape index (κ3) is 9.07. The van der Waals surface area contributed by atoms with E-state index in [4.69, 9.17) is 34.1 Å². The van der Waals surface area contributed by atoms with Crippen molar-refractivity contribution in [3.63, 3.8) is 0 Å². The Morgan fingerprint density at radius 3 is 2.46 bits per heavy atom. The Bertz CT molecular complexity index is 1130. The number of primary amides is 1. The van der Waals surface area contributed by atoms with E-state index in [9.17, 15) is 4.79 Å². The number of carbonyl (C=O) groups is 1. The van der Waals surface area contributed by atoms with E-state index in [1.54, 1.807) is 24.2 Å². The maximum Gasteiger partial charge on any atom is 0.404 e. The molecule has 2 heterocycles. The van der Waals surface area contributed by atoms with Crippen molar-refractivity contribution >= 4 is 26.5 Å². The summed E-state index contributed by atoms with van der Waals surface area (Å²) < 4.78 is 23.3. The first kappa shape index (κ1) is 29.0. The van der Waals surface area contributed by atoms with Crippen LogP contribution in [-0.2, 0) is 43.1 Å². The molecule has 2 aromatic heterocycles. The molecule has 10 nitrogen and oxygen atoms in total. The number of hydrogen-bond donors (Lipinski definition) is 1. The summed E-state index contributed by atoms with van der Waals surface area (Å²) in [5.41, 5.74) is 8.11. The second-order valence-electron chi connectivity index (χ2n) is 8.07. The number of pyridine rings is 1. The highest BCUT2D eigenvalue weighted by molar-refractivity contribution is 7.99. The highest BCUT2D eigenvalue weighted by Gasteiger charge is 2.22. The maximum atomic E-state index is 11.3. The molecule has 0 fully saturated rings. The Morgan fingerprint density at radius 1 is 1.08 bits per heavy atom. The van der Waals surface area contributed by atoms with E-state index < -0.39 is 14.7 Å². The second kappa shape index (κ2) is 15.0. The van der Waals surface area contributed by atoms with Gasteiger partial charge in [-0.2, -0.15) is 4.67 Å². The van der Waals surface area contributed by atoms with Gasteiger partial charge in [0.25, 0.3) is 0 Å². The van der Waals surface area contributed by atoms with Crippen LogP contribution in [0.15, 0.2) is 58.7 Å². The summed E-state index contributed by atoms with van der Waals surface area (Å²) in [5.74, 6) is 0.764. The summed E-state index contributed by atoms with van der Waals surface area (Å²) in [5, 5.41) is 0.959. The van der Waals surface area contributed by atoms with Gasteiger partial charge in [0.1, 0.15) is 17.5 Å². The average molecular weight is 549 g/mol. The molecule has 3 aromatic rings. The lowest BCUT2D eigenvalue weighted by atomic mass is 10.1. The molecule has 0 aliphatic carbocycles. The molecule has 0 radical (unpaired) electrons. The molecule has 0 bridgehead atoms. The summed E-state index contributed by atoms with van der Waals surface area (Å²) in [6, 6.07) is 11.9. The molecule has 0 saturated heterocycles. The van der Waals surface area contributed by atoms with Crippen molar-refractivity contribution < 1.29 is 28.1 Å². The summed E-state index contributed by atoms with van der Waals surface area (Å²) in [4.78, 5) is 26.6. The molecule has 0 atom stereocenters. The Labute approximate surface area is 222 Å². The van der Waals surface area contributed by atoms with Crippen LogP contribution in [0.4, 0.5) is 4.79 Å². The zero-order valence-corrected chi connectivity index (χ0v) is 23.2. The van der Waals surface area contributed by atoms with Gasteiger partial charge in [-0.15, -0.1) is 0 Å². The largest absolute Gasteiger partial charge is 0.442 e. The monoisotopic (exact) mass is 548 g/mol. The normalized spacial score (nSPS) is 11.4. The fraction of sp³-hybridized carbons (Fsp3) is 0.400. The fourth-order valence-corrected chi connectivity index (χ4v) is 5.27. The second-order valence-corrected chi connectivity index (χ2v) is 10.2. The number of aromatic nitrogens is 3. The van der Waals surface area contributed by atoms with Crippen molar-refractivity contribution in [1.29, 1.82) is 0 Å².